The van der Waals surface area contributed by atoms with E-state index < -0.39 is 102 Å². The second kappa shape index (κ2) is 30.4. The van der Waals surface area contributed by atoms with Crippen molar-refractivity contribution >= 4 is 99.1 Å². The number of ether oxygens (including phenoxy) is 2. The summed E-state index contributed by atoms with van der Waals surface area (Å²) in [6.45, 7) is 4.17. The van der Waals surface area contributed by atoms with Gasteiger partial charge in [-0.1, -0.05) is 20.3 Å². The maximum atomic E-state index is 13.0. The number of thioether (sulfide) groups is 1. The fraction of sp³-hybridized carbons (Fsp3) is 0.612. The average molecular weight is 1300 g/mol. The lowest BCUT2D eigenvalue weighted by atomic mass is 9.82. The molecule has 1 aliphatic carbocycles. The molecule has 1 aromatic carbocycles. The van der Waals surface area contributed by atoms with Crippen LogP contribution < -0.4 is 35.7 Å². The van der Waals surface area contributed by atoms with Crippen LogP contribution in [0.1, 0.15) is 74.8 Å². The number of aliphatic carboxylic acids is 2. The molecule has 82 heavy (non-hydrogen) atoms. The van der Waals surface area contributed by atoms with Crippen LogP contribution in [-0.4, -0.2) is 236 Å². The van der Waals surface area contributed by atoms with Gasteiger partial charge in [0.2, 0.25) is 11.9 Å². The van der Waals surface area contributed by atoms with Gasteiger partial charge in [-0.25, -0.2) is 19.6 Å². The van der Waals surface area contributed by atoms with E-state index >= 15 is 0 Å². The highest BCUT2D eigenvalue weighted by Gasteiger charge is 2.61. The Kier molecular flexibility index (Phi) is 25.4. The van der Waals surface area contributed by atoms with Gasteiger partial charge in [0.25, 0.3) is 11.7 Å². The number of hydrogen-bond donors (Lipinski definition) is 16. The van der Waals surface area contributed by atoms with Crippen LogP contribution in [0.3, 0.4) is 0 Å². The summed E-state index contributed by atoms with van der Waals surface area (Å²) in [7, 11) is 6.00. The number of unbranched alkanes of at least 4 members (excludes halogenated alkanes) is 1. The van der Waals surface area contributed by atoms with E-state index in [1.807, 2.05) is 55.8 Å². The molecule has 11 atom stereocenters. The minimum Gasteiger partial charge on any atom is -0.481 e. The number of aromatic nitrogens is 4. The number of aromatic amines is 1. The number of rotatable bonds is 24. The Morgan fingerprint density at radius 1 is 0.939 bits per heavy atom. The number of carbonyl (C=O) groups excluding carboxylic acids is 5. The summed E-state index contributed by atoms with van der Waals surface area (Å²) >= 11 is 3.84. The zero-order chi connectivity index (χ0) is 61.4. The van der Waals surface area contributed by atoms with E-state index in [9.17, 15) is 74.1 Å². The molecule has 2 aliphatic heterocycles. The van der Waals surface area contributed by atoms with Crippen molar-refractivity contribution in [1.82, 2.24) is 41.2 Å². The molecule has 3 aromatic rings. The number of carboxylic acid groups (broad SMARTS) is 2. The number of urea groups is 1. The first kappa shape index (κ1) is 68.3. The Bertz CT molecular complexity index is 2740. The van der Waals surface area contributed by atoms with Crippen molar-refractivity contribution in [3.63, 3.8) is 0 Å². The maximum absolute atomic E-state index is 13.0. The van der Waals surface area contributed by atoms with Gasteiger partial charge in [-0.2, -0.15) is 16.7 Å². The normalized spacial score (nSPS) is 23.7. The number of aliphatic hydroxyl groups excluding tert-OH is 7. The molecule has 6 rings (SSSR count). The standard InChI is InChI=1S/C25H28IN7O12.C14H28N2O5.C10H16N2O3S/c26-33(8-10-7-28-20-14(29-10)22(42)32-24(27)31-20)11-3-1-9(2-4-11)21(41)30-12(5-6-13(34)35)23(43)45-25(44)18(39)16(37)15(36)17(38)19(25)40;1-14(2,10-17)12(19)13(20)15-7-6-11(18)21-9-8-16(3,4)5;13-8(14)4-2-1-3-7-9-6(5-16-7)11-10(15)12-9/h1-4,7,12,15-19,36-40,44H,5-6,8H2,(H,30,41)(H,34,35)(H3,27,28,31,32,42);12,17,19H,6-10H2,1-5H3;6-7,9H,1-5H2,(H,13,14)(H2,11,12,15)/p+1/t12-,15-,16-,17+,18+,19+,25-;12-;6-,7-,9-/m000/s1. The fourth-order valence-corrected chi connectivity index (χ4v) is 10.2. The number of benzene rings is 1. The van der Waals surface area contributed by atoms with Gasteiger partial charge in [-0.3, -0.25) is 28.8 Å². The third-order valence-electron chi connectivity index (χ3n) is 13.0. The molecule has 31 nitrogen and oxygen atoms in total. The molecule has 2 aromatic heterocycles. The van der Waals surface area contributed by atoms with Gasteiger partial charge in [0.15, 0.2) is 23.4 Å². The number of nitrogens with two attached hydrogens (primary N) is 1. The summed E-state index contributed by atoms with van der Waals surface area (Å²) in [6.07, 6.45) is -9.69. The summed E-state index contributed by atoms with van der Waals surface area (Å²) in [6, 6.07) is 4.56. The monoisotopic (exact) mass is 1290 g/mol. The number of quaternary nitrogens is 1. The highest BCUT2D eigenvalue weighted by molar-refractivity contribution is 14.1. The molecule has 3 fully saturated rings. The summed E-state index contributed by atoms with van der Waals surface area (Å²) in [4.78, 5) is 108. The number of carboxylic acids is 2. The number of likely N-dealkylation sites (N-methyl/N-ethyl adjacent to an activating group) is 1. The smallest absolute Gasteiger partial charge is 0.331 e. The van der Waals surface area contributed by atoms with Crippen LogP contribution in [0, 0.1) is 5.41 Å². The lowest BCUT2D eigenvalue weighted by Crippen LogP contribution is -2.72. The predicted molar refractivity (Wildman–Crippen MR) is 298 cm³/mol. The lowest BCUT2D eigenvalue weighted by molar-refractivity contribution is -0.870. The molecule has 4 amide bonds. The Morgan fingerprint density at radius 3 is 2.17 bits per heavy atom. The average Bonchev–Trinajstić information content (AvgIpc) is 4.14. The molecule has 0 unspecified atom stereocenters. The van der Waals surface area contributed by atoms with Crippen LogP contribution in [0.15, 0.2) is 35.3 Å². The molecular formula is C49H73IN11O20S+. The molecular weight excluding hydrogens is 1220 g/mol. The molecule has 0 spiro atoms. The first-order valence-corrected chi connectivity index (χ1v) is 27.7. The summed E-state index contributed by atoms with van der Waals surface area (Å²) in [5, 5.41) is 108. The van der Waals surface area contributed by atoms with Crippen molar-refractivity contribution < 1.29 is 98.6 Å². The number of esters is 2. The van der Waals surface area contributed by atoms with Crippen molar-refractivity contribution in [2.75, 3.05) is 62.0 Å². The predicted octanol–water partition coefficient (Wildman–Crippen LogP) is -3.42. The third kappa shape index (κ3) is 19.8. The van der Waals surface area contributed by atoms with E-state index in [0.29, 0.717) is 34.3 Å². The highest BCUT2D eigenvalue weighted by atomic mass is 127. The van der Waals surface area contributed by atoms with Crippen molar-refractivity contribution in [3.05, 3.63) is 52.1 Å². The summed E-state index contributed by atoms with van der Waals surface area (Å²) in [5.74, 6) is -7.90. The van der Waals surface area contributed by atoms with Crippen LogP contribution in [0.5, 0.6) is 0 Å². The number of aliphatic hydroxyl groups is 8. The first-order valence-electron chi connectivity index (χ1n) is 25.6. The number of nitrogens with one attached hydrogen (secondary N) is 5. The second-order valence-corrected chi connectivity index (χ2v) is 23.6. The van der Waals surface area contributed by atoms with E-state index in [1.54, 1.807) is 29.1 Å². The van der Waals surface area contributed by atoms with E-state index in [1.165, 1.54) is 18.3 Å². The van der Waals surface area contributed by atoms with Gasteiger partial charge in [0.05, 0.1) is 87.6 Å². The maximum Gasteiger partial charge on any atom is 0.331 e. The molecule has 3 aliphatic rings. The van der Waals surface area contributed by atoms with Gasteiger partial charge < -0.3 is 100 Å². The van der Waals surface area contributed by atoms with Crippen LogP contribution in [-0.2, 0) is 40.0 Å². The Hall–Kier alpha value is -6.15. The SMILES string of the molecule is CC(C)(CO)[C@@H](O)C(=O)NCCC(=O)OCC[N+](C)(C)C.Nc1nc(=O)c2nc(CN(I)c3ccc(C(=O)N[C@@H](CCC(=O)O)C(=O)O[C@]4(O)[C@H](O)[C@H](O)[C@@H](O)[C@H](O)[C@H]4O)cc3)cnc2[nH]1.O=C(O)CCCC[C@@H]1SC[C@@H]2NC(=O)N[C@@H]21. The zero-order valence-electron chi connectivity index (χ0n) is 45.5. The third-order valence-corrected chi connectivity index (χ3v) is 15.4. The van der Waals surface area contributed by atoms with E-state index in [0.717, 1.165) is 25.0 Å². The molecule has 1 saturated carbocycles. The Morgan fingerprint density at radius 2 is 1.57 bits per heavy atom. The van der Waals surface area contributed by atoms with Gasteiger partial charge in [-0.05, 0) is 43.5 Å². The molecule has 17 N–H and O–H groups in total. The topological polar surface area (TPSA) is 489 Å². The minimum atomic E-state index is -3.32. The van der Waals surface area contributed by atoms with Crippen molar-refractivity contribution in [2.45, 2.75) is 131 Å². The number of nitrogens with zero attached hydrogens (tertiary/aromatic N) is 5. The molecule has 33 heteroatoms. The number of amides is 4. The number of halogens is 1. The van der Waals surface area contributed by atoms with Crippen LogP contribution in [0.25, 0.3) is 11.2 Å². The van der Waals surface area contributed by atoms with Gasteiger partial charge in [0.1, 0.15) is 43.6 Å². The van der Waals surface area contributed by atoms with E-state index in [-0.39, 0.29) is 79.3 Å². The Labute approximate surface area is 487 Å². The first-order chi connectivity index (χ1) is 38.3. The number of hydrogen-bond acceptors (Lipinski definition) is 24. The number of carbonyl (C=O) groups is 7. The van der Waals surface area contributed by atoms with E-state index in [4.69, 9.17) is 30.5 Å². The quantitative estimate of drug-likeness (QED) is 0.00790. The van der Waals surface area contributed by atoms with Crippen molar-refractivity contribution in [2.24, 2.45) is 5.41 Å². The van der Waals surface area contributed by atoms with Crippen molar-refractivity contribution in [3.8, 4) is 0 Å². The van der Waals surface area contributed by atoms with Gasteiger partial charge >= 0.3 is 35.5 Å². The van der Waals surface area contributed by atoms with Crippen molar-refractivity contribution in [1.29, 1.82) is 0 Å². The number of H-pyrrole nitrogens is 1. The van der Waals surface area contributed by atoms with Crippen LogP contribution in [0.2, 0.25) is 0 Å². The second-order valence-electron chi connectivity index (χ2n) is 21.1. The highest BCUT2D eigenvalue weighted by Crippen LogP contribution is 2.34. The molecule has 4 heterocycles. The fourth-order valence-electron chi connectivity index (χ4n) is 8.01. The Balaban J connectivity index is 0.000000320. The summed E-state index contributed by atoms with van der Waals surface area (Å²) < 4.78 is 12.2. The summed E-state index contributed by atoms with van der Waals surface area (Å²) in [5.41, 5.74) is 5.14. The molecule has 0 radical (unpaired) electrons. The van der Waals surface area contributed by atoms with E-state index in [2.05, 4.69) is 41.2 Å². The molecule has 0 bridgehead atoms. The van der Waals surface area contributed by atoms with Crippen LogP contribution >= 0.6 is 34.6 Å². The minimum absolute atomic E-state index is 0.000861. The number of fused-ring (bicyclic) bond motifs is 2. The van der Waals surface area contributed by atoms with Crippen LogP contribution in [0.4, 0.5) is 16.4 Å². The largest absolute Gasteiger partial charge is 0.481 e. The number of nitrogen functional groups attached to an aromatic ring is 1. The number of anilines is 2. The van der Waals surface area contributed by atoms with Gasteiger partial charge in [0, 0.05) is 47.1 Å². The van der Waals surface area contributed by atoms with Gasteiger partial charge in [-0.15, -0.1) is 0 Å². The molecule has 456 valence electrons. The zero-order valence-corrected chi connectivity index (χ0v) is 48.5. The molecule has 2 saturated heterocycles. The lowest BCUT2D eigenvalue weighted by Gasteiger charge is -2.46.